The number of hydrogen-bond donors (Lipinski definition) is 1. The molecule has 7 nitrogen and oxygen atoms in total. The van der Waals surface area contributed by atoms with Gasteiger partial charge in [-0.25, -0.2) is 4.98 Å². The standard InChI is InChI=1S/C16H19N3O4S/c1-24-9-7-13(16(22)23)18-14(20)6-8-19-10-17-12-5-3-2-4-11(12)15(19)21/h2-5,10,13H,6-9H2,1H3,(H,18,20)(H,22,23)/p-1/t13-/m0/s1. The molecule has 1 atom stereocenters. The number of para-hydroxylation sites is 1. The summed E-state index contributed by atoms with van der Waals surface area (Å²) < 4.78 is 1.35. The number of thioether (sulfide) groups is 1. The number of fused-ring (bicyclic) bond motifs is 1. The fourth-order valence-corrected chi connectivity index (χ4v) is 2.71. The monoisotopic (exact) mass is 348 g/mol. The van der Waals surface area contributed by atoms with E-state index in [1.807, 2.05) is 6.26 Å². The van der Waals surface area contributed by atoms with Crippen molar-refractivity contribution in [3.05, 3.63) is 40.9 Å². The first kappa shape index (κ1) is 18.0. The Kier molecular flexibility index (Phi) is 6.36. The minimum atomic E-state index is -1.30. The van der Waals surface area contributed by atoms with E-state index in [0.717, 1.165) is 0 Å². The van der Waals surface area contributed by atoms with Gasteiger partial charge in [-0.2, -0.15) is 11.8 Å². The molecule has 2 aromatic rings. The van der Waals surface area contributed by atoms with Crippen LogP contribution in [0.1, 0.15) is 12.8 Å². The number of hydrogen-bond acceptors (Lipinski definition) is 6. The molecule has 0 saturated heterocycles. The van der Waals surface area contributed by atoms with Crippen molar-refractivity contribution in [2.24, 2.45) is 0 Å². The van der Waals surface area contributed by atoms with Gasteiger partial charge < -0.3 is 15.2 Å². The van der Waals surface area contributed by atoms with Crippen LogP contribution in [0.3, 0.4) is 0 Å². The minimum absolute atomic E-state index is 0.0109. The average Bonchev–Trinajstić information content (AvgIpc) is 2.58. The molecule has 0 fully saturated rings. The Morgan fingerprint density at radius 2 is 2.12 bits per heavy atom. The summed E-state index contributed by atoms with van der Waals surface area (Å²) in [4.78, 5) is 39.4. The van der Waals surface area contributed by atoms with Gasteiger partial charge in [-0.3, -0.25) is 14.2 Å². The van der Waals surface area contributed by atoms with Gasteiger partial charge in [0.05, 0.1) is 29.2 Å². The zero-order chi connectivity index (χ0) is 17.5. The van der Waals surface area contributed by atoms with Gasteiger partial charge >= 0.3 is 0 Å². The number of amides is 1. The Bertz CT molecular complexity index is 790. The summed E-state index contributed by atoms with van der Waals surface area (Å²) in [6.45, 7) is 0.130. The first-order valence-corrected chi connectivity index (χ1v) is 8.85. The van der Waals surface area contributed by atoms with Crippen LogP contribution in [0.2, 0.25) is 0 Å². The molecule has 1 aromatic heterocycles. The van der Waals surface area contributed by atoms with Crippen LogP contribution in [0.25, 0.3) is 10.9 Å². The SMILES string of the molecule is CSCC[C@H](NC(=O)CCn1cnc2ccccc2c1=O)C(=O)[O-]. The smallest absolute Gasteiger partial charge is 0.261 e. The summed E-state index contributed by atoms with van der Waals surface area (Å²) in [6.07, 6.45) is 3.53. The molecule has 24 heavy (non-hydrogen) atoms. The summed E-state index contributed by atoms with van der Waals surface area (Å²) in [5.41, 5.74) is 0.365. The van der Waals surface area contributed by atoms with Crippen molar-refractivity contribution in [2.75, 3.05) is 12.0 Å². The quantitative estimate of drug-likeness (QED) is 0.707. The molecule has 1 N–H and O–H groups in total. The maximum absolute atomic E-state index is 12.3. The number of aliphatic carboxylic acids is 1. The number of carbonyl (C=O) groups is 2. The summed E-state index contributed by atoms with van der Waals surface area (Å²) in [5.74, 6) is -1.14. The maximum atomic E-state index is 12.3. The number of nitrogens with zero attached hydrogens (tertiary/aromatic N) is 2. The van der Waals surface area contributed by atoms with Crippen molar-refractivity contribution in [2.45, 2.75) is 25.4 Å². The van der Waals surface area contributed by atoms with Crippen LogP contribution < -0.4 is 16.0 Å². The van der Waals surface area contributed by atoms with Crippen molar-refractivity contribution in [1.82, 2.24) is 14.9 Å². The van der Waals surface area contributed by atoms with E-state index < -0.39 is 17.9 Å². The molecule has 0 radical (unpaired) electrons. The van der Waals surface area contributed by atoms with E-state index in [4.69, 9.17) is 0 Å². The number of carbonyl (C=O) groups excluding carboxylic acids is 2. The molecule has 0 bridgehead atoms. The highest BCUT2D eigenvalue weighted by molar-refractivity contribution is 7.98. The highest BCUT2D eigenvalue weighted by Crippen LogP contribution is 2.05. The summed E-state index contributed by atoms with van der Waals surface area (Å²) in [7, 11) is 0. The molecule has 0 saturated carbocycles. The lowest BCUT2D eigenvalue weighted by Crippen LogP contribution is -2.48. The second kappa shape index (κ2) is 8.49. The largest absolute Gasteiger partial charge is 0.548 e. The number of nitrogens with one attached hydrogen (secondary N) is 1. The fraction of sp³-hybridized carbons (Fsp3) is 0.375. The van der Waals surface area contributed by atoms with Gasteiger partial charge in [-0.1, -0.05) is 12.1 Å². The third-order valence-corrected chi connectivity index (χ3v) is 4.19. The van der Waals surface area contributed by atoms with E-state index in [-0.39, 0.29) is 18.5 Å². The zero-order valence-electron chi connectivity index (χ0n) is 13.2. The second-order valence-corrected chi connectivity index (χ2v) is 6.22. The molecule has 1 aromatic carbocycles. The highest BCUT2D eigenvalue weighted by Gasteiger charge is 2.13. The predicted molar refractivity (Wildman–Crippen MR) is 90.6 cm³/mol. The molecular formula is C16H18N3O4S-. The van der Waals surface area contributed by atoms with Gasteiger partial charge in [0.15, 0.2) is 0 Å². The van der Waals surface area contributed by atoms with E-state index in [0.29, 0.717) is 23.1 Å². The molecule has 0 spiro atoms. The maximum Gasteiger partial charge on any atom is 0.261 e. The third-order valence-electron chi connectivity index (χ3n) is 3.54. The number of rotatable bonds is 8. The van der Waals surface area contributed by atoms with E-state index in [1.165, 1.54) is 22.7 Å². The van der Waals surface area contributed by atoms with Crippen LogP contribution in [-0.2, 0) is 16.1 Å². The van der Waals surface area contributed by atoms with E-state index in [9.17, 15) is 19.5 Å². The topological polar surface area (TPSA) is 104 Å². The number of benzene rings is 1. The average molecular weight is 348 g/mol. The Morgan fingerprint density at radius 1 is 1.38 bits per heavy atom. The first-order chi connectivity index (χ1) is 11.5. The Morgan fingerprint density at radius 3 is 2.83 bits per heavy atom. The zero-order valence-corrected chi connectivity index (χ0v) is 14.0. The Labute approximate surface area is 143 Å². The van der Waals surface area contributed by atoms with Gasteiger partial charge in [0.2, 0.25) is 5.91 Å². The summed E-state index contributed by atoms with van der Waals surface area (Å²) in [6, 6.07) is 5.94. The van der Waals surface area contributed by atoms with Gasteiger partial charge in [-0.05, 0) is 30.6 Å². The number of aromatic nitrogens is 2. The first-order valence-electron chi connectivity index (χ1n) is 7.46. The number of aryl methyl sites for hydroxylation is 1. The van der Waals surface area contributed by atoms with Crippen molar-refractivity contribution < 1.29 is 14.7 Å². The second-order valence-electron chi connectivity index (χ2n) is 5.23. The summed E-state index contributed by atoms with van der Waals surface area (Å²) >= 11 is 1.49. The van der Waals surface area contributed by atoms with E-state index >= 15 is 0 Å². The molecule has 1 amide bonds. The lowest BCUT2D eigenvalue weighted by atomic mass is 10.2. The van der Waals surface area contributed by atoms with Crippen molar-refractivity contribution in [3.8, 4) is 0 Å². The van der Waals surface area contributed by atoms with Crippen LogP contribution in [0.4, 0.5) is 0 Å². The molecule has 0 unspecified atom stereocenters. The molecule has 2 rings (SSSR count). The third kappa shape index (κ3) is 4.58. The van der Waals surface area contributed by atoms with Crippen LogP contribution in [0, 0.1) is 0 Å². The molecule has 8 heteroatoms. The van der Waals surface area contributed by atoms with Crippen molar-refractivity contribution >= 4 is 34.5 Å². The molecule has 0 aliphatic carbocycles. The molecule has 1 heterocycles. The van der Waals surface area contributed by atoms with Gasteiger partial charge in [0, 0.05) is 13.0 Å². The lowest BCUT2D eigenvalue weighted by molar-refractivity contribution is -0.308. The Balaban J connectivity index is 2.00. The number of carboxylic acid groups (broad SMARTS) is 1. The van der Waals surface area contributed by atoms with E-state index in [2.05, 4.69) is 10.3 Å². The highest BCUT2D eigenvalue weighted by atomic mass is 32.2. The fourth-order valence-electron chi connectivity index (χ4n) is 2.24. The Hall–Kier alpha value is -2.35. The minimum Gasteiger partial charge on any atom is -0.548 e. The summed E-state index contributed by atoms with van der Waals surface area (Å²) in [5, 5.41) is 13.9. The van der Waals surface area contributed by atoms with Gasteiger partial charge in [-0.15, -0.1) is 0 Å². The van der Waals surface area contributed by atoms with Crippen molar-refractivity contribution in [3.63, 3.8) is 0 Å². The van der Waals surface area contributed by atoms with Crippen LogP contribution in [0.5, 0.6) is 0 Å². The van der Waals surface area contributed by atoms with Crippen LogP contribution in [-0.4, -0.2) is 39.5 Å². The van der Waals surface area contributed by atoms with Crippen LogP contribution >= 0.6 is 11.8 Å². The lowest BCUT2D eigenvalue weighted by Gasteiger charge is -2.19. The van der Waals surface area contributed by atoms with Gasteiger partial charge in [0.25, 0.3) is 5.56 Å². The molecule has 0 aliphatic heterocycles. The van der Waals surface area contributed by atoms with E-state index in [1.54, 1.807) is 24.3 Å². The van der Waals surface area contributed by atoms with Crippen molar-refractivity contribution in [1.29, 1.82) is 0 Å². The van der Waals surface area contributed by atoms with Gasteiger partial charge in [0.1, 0.15) is 0 Å². The molecule has 0 aliphatic rings. The number of carboxylic acids is 1. The van der Waals surface area contributed by atoms with Crippen LogP contribution in [0.15, 0.2) is 35.4 Å². The predicted octanol–water partition coefficient (Wildman–Crippen LogP) is -0.226. The molecule has 128 valence electrons. The normalized spacial score (nSPS) is 12.0. The molecular weight excluding hydrogens is 330 g/mol.